The number of hydrogen-bond donors (Lipinski definition) is 3. The van der Waals surface area contributed by atoms with Crippen molar-refractivity contribution in [2.24, 2.45) is 5.92 Å². The molecular weight excluding hydrogens is 418 g/mol. The standard InChI is InChI=1S/C21H20ClN7S/c1-12-8-13(4-6-23-20-18-16(5-7-30-18)25-11-26-20)2-3-15(12)27-21-28-17-9-14(22)10-24-19(17)29-21/h2-3,5,7,9-12H,4,6,8H2,1H3,(H,23,25,26)(H2,24,27,28,29). The molecule has 1 atom stereocenters. The summed E-state index contributed by atoms with van der Waals surface area (Å²) in [7, 11) is 0. The van der Waals surface area contributed by atoms with E-state index < -0.39 is 0 Å². The van der Waals surface area contributed by atoms with Crippen molar-refractivity contribution >= 4 is 56.1 Å². The Morgan fingerprint density at radius 3 is 3.10 bits per heavy atom. The smallest absolute Gasteiger partial charge is 0.207 e. The highest BCUT2D eigenvalue weighted by atomic mass is 35.5. The molecule has 3 N–H and O–H groups in total. The molecule has 1 unspecified atom stereocenters. The van der Waals surface area contributed by atoms with Crippen molar-refractivity contribution in [1.82, 2.24) is 24.9 Å². The number of rotatable bonds is 6. The summed E-state index contributed by atoms with van der Waals surface area (Å²) in [5.41, 5.74) is 5.01. The fourth-order valence-electron chi connectivity index (χ4n) is 3.62. The van der Waals surface area contributed by atoms with Crippen LogP contribution in [-0.4, -0.2) is 31.5 Å². The van der Waals surface area contributed by atoms with Gasteiger partial charge in [0.25, 0.3) is 0 Å². The van der Waals surface area contributed by atoms with Gasteiger partial charge in [-0.3, -0.25) is 0 Å². The summed E-state index contributed by atoms with van der Waals surface area (Å²) in [6, 6.07) is 3.84. The molecule has 0 fully saturated rings. The maximum Gasteiger partial charge on any atom is 0.207 e. The minimum Gasteiger partial charge on any atom is -0.368 e. The molecule has 4 aromatic rings. The first kappa shape index (κ1) is 19.0. The van der Waals surface area contributed by atoms with Crippen LogP contribution in [0.25, 0.3) is 21.4 Å². The molecule has 0 radical (unpaired) electrons. The lowest BCUT2D eigenvalue weighted by atomic mass is 9.91. The molecule has 0 aliphatic heterocycles. The molecular formula is C21H20ClN7S. The summed E-state index contributed by atoms with van der Waals surface area (Å²) in [5.74, 6) is 1.97. The van der Waals surface area contributed by atoms with Crippen LogP contribution in [0.2, 0.25) is 5.02 Å². The van der Waals surface area contributed by atoms with Crippen molar-refractivity contribution in [2.75, 3.05) is 17.2 Å². The van der Waals surface area contributed by atoms with Gasteiger partial charge in [0.2, 0.25) is 5.95 Å². The Labute approximate surface area is 182 Å². The van der Waals surface area contributed by atoms with E-state index in [1.165, 1.54) is 5.57 Å². The van der Waals surface area contributed by atoms with E-state index in [-0.39, 0.29) is 0 Å². The monoisotopic (exact) mass is 437 g/mol. The predicted molar refractivity (Wildman–Crippen MR) is 123 cm³/mol. The quantitative estimate of drug-likeness (QED) is 0.375. The molecule has 0 spiro atoms. The van der Waals surface area contributed by atoms with Crippen LogP contribution in [0.15, 0.2) is 53.5 Å². The third-order valence-corrected chi connectivity index (χ3v) is 6.26. The summed E-state index contributed by atoms with van der Waals surface area (Å²) in [4.78, 5) is 20.6. The van der Waals surface area contributed by atoms with Crippen LogP contribution >= 0.6 is 22.9 Å². The molecule has 0 aromatic carbocycles. The molecule has 4 aromatic heterocycles. The second-order valence-electron chi connectivity index (χ2n) is 7.32. The van der Waals surface area contributed by atoms with Crippen molar-refractivity contribution in [3.8, 4) is 0 Å². The Kier molecular flexibility index (Phi) is 5.10. The first-order valence-corrected chi connectivity index (χ1v) is 11.0. The van der Waals surface area contributed by atoms with E-state index in [0.29, 0.717) is 22.5 Å². The normalized spacial score (nSPS) is 16.5. The van der Waals surface area contributed by atoms with E-state index >= 15 is 0 Å². The number of halogens is 1. The number of fused-ring (bicyclic) bond motifs is 2. The lowest BCUT2D eigenvalue weighted by Gasteiger charge is -2.22. The molecule has 1 aliphatic carbocycles. The second kappa shape index (κ2) is 8.04. The van der Waals surface area contributed by atoms with Crippen LogP contribution in [0.1, 0.15) is 19.8 Å². The van der Waals surface area contributed by atoms with E-state index in [0.717, 1.165) is 46.6 Å². The molecule has 152 valence electrons. The minimum atomic E-state index is 0.373. The zero-order chi connectivity index (χ0) is 20.5. The number of H-pyrrole nitrogens is 1. The van der Waals surface area contributed by atoms with Crippen LogP contribution in [-0.2, 0) is 0 Å². The van der Waals surface area contributed by atoms with Gasteiger partial charge in [0.05, 0.1) is 20.8 Å². The fourth-order valence-corrected chi connectivity index (χ4v) is 4.59. The maximum absolute atomic E-state index is 6.00. The van der Waals surface area contributed by atoms with Crippen LogP contribution in [0.3, 0.4) is 0 Å². The molecule has 0 saturated carbocycles. The summed E-state index contributed by atoms with van der Waals surface area (Å²) in [6.45, 7) is 3.06. The van der Waals surface area contributed by atoms with Gasteiger partial charge in [-0.15, -0.1) is 11.3 Å². The van der Waals surface area contributed by atoms with Crippen LogP contribution in [0.5, 0.6) is 0 Å². The number of nitrogens with one attached hydrogen (secondary N) is 3. The van der Waals surface area contributed by atoms with Gasteiger partial charge < -0.3 is 15.6 Å². The number of imidazole rings is 1. The number of pyridine rings is 1. The SMILES string of the molecule is CC1CC(CCNc2ncnc3ccsc23)=CC=C1Nc1nc2ncc(Cl)cc2[nH]1. The van der Waals surface area contributed by atoms with Gasteiger partial charge >= 0.3 is 0 Å². The first-order valence-electron chi connectivity index (χ1n) is 9.76. The van der Waals surface area contributed by atoms with Crippen molar-refractivity contribution in [1.29, 1.82) is 0 Å². The van der Waals surface area contributed by atoms with E-state index in [1.807, 2.05) is 17.5 Å². The number of allylic oxidation sites excluding steroid dienone is 3. The molecule has 5 rings (SSSR count). The largest absolute Gasteiger partial charge is 0.368 e. The number of aromatic nitrogens is 5. The van der Waals surface area contributed by atoms with Crippen molar-refractivity contribution in [2.45, 2.75) is 19.8 Å². The summed E-state index contributed by atoms with van der Waals surface area (Å²) >= 11 is 7.66. The summed E-state index contributed by atoms with van der Waals surface area (Å²) < 4.78 is 1.11. The lowest BCUT2D eigenvalue weighted by Crippen LogP contribution is -2.15. The van der Waals surface area contributed by atoms with Gasteiger partial charge in [-0.25, -0.2) is 15.0 Å². The van der Waals surface area contributed by atoms with Crippen LogP contribution < -0.4 is 10.6 Å². The number of thiophene rings is 1. The van der Waals surface area contributed by atoms with Crippen LogP contribution in [0.4, 0.5) is 11.8 Å². The Morgan fingerprint density at radius 2 is 2.20 bits per heavy atom. The van der Waals surface area contributed by atoms with Crippen molar-refractivity contribution in [3.05, 3.63) is 58.5 Å². The average Bonchev–Trinajstić information content (AvgIpc) is 3.36. The zero-order valence-corrected chi connectivity index (χ0v) is 17.9. The van der Waals surface area contributed by atoms with E-state index in [1.54, 1.807) is 23.9 Å². The molecule has 0 amide bonds. The lowest BCUT2D eigenvalue weighted by molar-refractivity contribution is 0.647. The second-order valence-corrected chi connectivity index (χ2v) is 8.67. The van der Waals surface area contributed by atoms with Crippen molar-refractivity contribution < 1.29 is 0 Å². The van der Waals surface area contributed by atoms with Crippen LogP contribution in [0, 0.1) is 5.92 Å². The Bertz CT molecular complexity index is 1270. The third-order valence-electron chi connectivity index (χ3n) is 5.15. The molecule has 1 aliphatic rings. The number of hydrogen-bond acceptors (Lipinski definition) is 7. The molecule has 9 heteroatoms. The molecule has 7 nitrogen and oxygen atoms in total. The first-order chi connectivity index (χ1) is 14.7. The minimum absolute atomic E-state index is 0.373. The fraction of sp³-hybridized carbons (Fsp3) is 0.238. The highest BCUT2D eigenvalue weighted by molar-refractivity contribution is 7.17. The number of anilines is 2. The molecule has 4 heterocycles. The predicted octanol–water partition coefficient (Wildman–Crippen LogP) is 5.38. The van der Waals surface area contributed by atoms with Gasteiger partial charge in [0, 0.05) is 18.4 Å². The zero-order valence-electron chi connectivity index (χ0n) is 16.3. The molecule has 0 bridgehead atoms. The summed E-state index contributed by atoms with van der Waals surface area (Å²) in [6.07, 6.45) is 9.52. The molecule has 30 heavy (non-hydrogen) atoms. The Hall–Kier alpha value is -2.97. The number of aromatic amines is 1. The van der Waals surface area contributed by atoms with Gasteiger partial charge in [-0.1, -0.05) is 30.2 Å². The van der Waals surface area contributed by atoms with E-state index in [4.69, 9.17) is 11.6 Å². The molecule has 0 saturated heterocycles. The highest BCUT2D eigenvalue weighted by Crippen LogP contribution is 2.29. The Morgan fingerprint density at radius 1 is 1.27 bits per heavy atom. The van der Waals surface area contributed by atoms with E-state index in [2.05, 4.69) is 54.6 Å². The number of nitrogens with zero attached hydrogens (tertiary/aromatic N) is 4. The van der Waals surface area contributed by atoms with Crippen molar-refractivity contribution in [3.63, 3.8) is 0 Å². The van der Waals surface area contributed by atoms with Gasteiger partial charge in [-0.05, 0) is 42.3 Å². The third kappa shape index (κ3) is 3.88. The Balaban J connectivity index is 1.23. The van der Waals surface area contributed by atoms with Gasteiger partial charge in [0.15, 0.2) is 5.65 Å². The summed E-state index contributed by atoms with van der Waals surface area (Å²) in [5, 5.41) is 9.48. The highest BCUT2D eigenvalue weighted by Gasteiger charge is 2.17. The average molecular weight is 438 g/mol. The van der Waals surface area contributed by atoms with Gasteiger partial charge in [0.1, 0.15) is 12.1 Å². The topological polar surface area (TPSA) is 91.4 Å². The maximum atomic E-state index is 6.00. The van der Waals surface area contributed by atoms with Gasteiger partial charge in [-0.2, -0.15) is 4.98 Å². The van der Waals surface area contributed by atoms with E-state index in [9.17, 15) is 0 Å².